The lowest BCUT2D eigenvalue weighted by atomic mass is 9.99. The van der Waals surface area contributed by atoms with Crippen molar-refractivity contribution in [2.24, 2.45) is 0 Å². The van der Waals surface area contributed by atoms with Crippen LogP contribution in [-0.2, 0) is 6.42 Å². The summed E-state index contributed by atoms with van der Waals surface area (Å²) in [6, 6.07) is 7.31. The molecule has 0 fully saturated rings. The van der Waals surface area contributed by atoms with E-state index in [-0.39, 0.29) is 0 Å². The first-order chi connectivity index (χ1) is 8.47. The van der Waals surface area contributed by atoms with E-state index in [1.54, 1.807) is 18.2 Å². The van der Waals surface area contributed by atoms with Crippen molar-refractivity contribution in [1.82, 2.24) is 0 Å². The molecule has 18 heavy (non-hydrogen) atoms. The fourth-order valence-corrected chi connectivity index (χ4v) is 2.06. The Morgan fingerprint density at radius 1 is 1.11 bits per heavy atom. The number of benzene rings is 2. The summed E-state index contributed by atoms with van der Waals surface area (Å²) in [5.41, 5.74) is 8.90. The number of nitrogen functional groups attached to an aromatic ring is 1. The van der Waals surface area contributed by atoms with Crippen molar-refractivity contribution in [1.29, 1.82) is 0 Å². The summed E-state index contributed by atoms with van der Waals surface area (Å²) >= 11 is 5.93. The Bertz CT molecular complexity index is 597. The van der Waals surface area contributed by atoms with Crippen LogP contribution in [-0.4, -0.2) is 0 Å². The molecule has 0 unspecified atom stereocenters. The molecule has 4 heteroatoms. The number of nitrogens with two attached hydrogens (primary N) is 1. The van der Waals surface area contributed by atoms with Gasteiger partial charge in [0.25, 0.3) is 0 Å². The summed E-state index contributed by atoms with van der Waals surface area (Å²) in [6.45, 7) is 1.88. The van der Waals surface area contributed by atoms with Gasteiger partial charge in [-0.15, -0.1) is 0 Å². The van der Waals surface area contributed by atoms with Gasteiger partial charge in [-0.1, -0.05) is 17.7 Å². The molecule has 0 spiro atoms. The van der Waals surface area contributed by atoms with Crippen LogP contribution in [0.4, 0.5) is 14.5 Å². The molecule has 2 N–H and O–H groups in total. The summed E-state index contributed by atoms with van der Waals surface area (Å²) in [4.78, 5) is 0. The van der Waals surface area contributed by atoms with Gasteiger partial charge in [0.05, 0.1) is 0 Å². The maximum atomic E-state index is 13.1. The van der Waals surface area contributed by atoms with E-state index in [4.69, 9.17) is 17.3 Å². The lowest BCUT2D eigenvalue weighted by molar-refractivity contribution is 0.507. The largest absolute Gasteiger partial charge is 0.398 e. The van der Waals surface area contributed by atoms with Crippen LogP contribution in [0.3, 0.4) is 0 Å². The number of halogens is 3. The Labute approximate surface area is 109 Å². The molecule has 0 aliphatic rings. The van der Waals surface area contributed by atoms with E-state index in [1.165, 1.54) is 6.07 Å². The van der Waals surface area contributed by atoms with E-state index < -0.39 is 11.6 Å². The molecule has 94 valence electrons. The first kappa shape index (κ1) is 12.8. The van der Waals surface area contributed by atoms with E-state index in [1.807, 2.05) is 6.92 Å². The zero-order valence-electron chi connectivity index (χ0n) is 9.81. The molecule has 0 atom stereocenters. The smallest absolute Gasteiger partial charge is 0.159 e. The number of hydrogen-bond acceptors (Lipinski definition) is 1. The highest BCUT2D eigenvalue weighted by Crippen LogP contribution is 2.24. The van der Waals surface area contributed by atoms with E-state index in [9.17, 15) is 8.78 Å². The molecule has 0 saturated heterocycles. The second-order valence-electron chi connectivity index (χ2n) is 4.20. The monoisotopic (exact) mass is 267 g/mol. The molecule has 0 radical (unpaired) electrons. The second kappa shape index (κ2) is 4.94. The van der Waals surface area contributed by atoms with Gasteiger partial charge < -0.3 is 5.73 Å². The molecular formula is C14H12ClF2N. The third-order valence-electron chi connectivity index (χ3n) is 2.90. The topological polar surface area (TPSA) is 26.0 Å². The lowest BCUT2D eigenvalue weighted by Gasteiger charge is -2.10. The van der Waals surface area contributed by atoms with Crippen LogP contribution < -0.4 is 5.73 Å². The molecule has 1 nitrogen and oxygen atoms in total. The Balaban J connectivity index is 2.36. The Kier molecular flexibility index (Phi) is 3.53. The third kappa shape index (κ3) is 2.62. The number of anilines is 1. The second-order valence-corrected chi connectivity index (χ2v) is 4.64. The van der Waals surface area contributed by atoms with E-state index in [0.29, 0.717) is 22.7 Å². The van der Waals surface area contributed by atoms with Crippen molar-refractivity contribution >= 4 is 17.3 Å². The highest BCUT2D eigenvalue weighted by molar-refractivity contribution is 6.31. The average Bonchev–Trinajstić information content (AvgIpc) is 2.30. The standard InChI is InChI=1S/C14H12ClF2N/c1-8-10(6-11(15)7-14(8)18)4-9-2-3-12(16)13(17)5-9/h2-3,5-7H,4,18H2,1H3. The lowest BCUT2D eigenvalue weighted by Crippen LogP contribution is -1.98. The molecular weight excluding hydrogens is 256 g/mol. The molecule has 0 heterocycles. The highest BCUT2D eigenvalue weighted by Gasteiger charge is 2.07. The molecule has 0 bridgehead atoms. The van der Waals surface area contributed by atoms with Crippen molar-refractivity contribution < 1.29 is 8.78 Å². The maximum absolute atomic E-state index is 13.1. The predicted octanol–water partition coefficient (Wildman–Crippen LogP) is 4.10. The average molecular weight is 268 g/mol. The summed E-state index contributed by atoms with van der Waals surface area (Å²) in [5.74, 6) is -1.69. The van der Waals surface area contributed by atoms with E-state index in [0.717, 1.165) is 17.2 Å². The van der Waals surface area contributed by atoms with Crippen molar-refractivity contribution in [2.45, 2.75) is 13.3 Å². The molecule has 2 aromatic rings. The summed E-state index contributed by atoms with van der Waals surface area (Å²) in [6.07, 6.45) is 0.466. The third-order valence-corrected chi connectivity index (χ3v) is 3.12. The first-order valence-corrected chi connectivity index (χ1v) is 5.83. The first-order valence-electron chi connectivity index (χ1n) is 5.46. The quantitative estimate of drug-likeness (QED) is 0.815. The predicted molar refractivity (Wildman–Crippen MR) is 69.8 cm³/mol. The molecule has 2 rings (SSSR count). The van der Waals surface area contributed by atoms with Gasteiger partial charge in [0.15, 0.2) is 11.6 Å². The minimum absolute atomic E-state index is 0.466. The number of hydrogen-bond donors (Lipinski definition) is 1. The van der Waals surface area contributed by atoms with Gasteiger partial charge in [-0.3, -0.25) is 0 Å². The van der Waals surface area contributed by atoms with Crippen molar-refractivity contribution in [3.63, 3.8) is 0 Å². The van der Waals surface area contributed by atoms with E-state index >= 15 is 0 Å². The van der Waals surface area contributed by atoms with Crippen LogP contribution in [0.2, 0.25) is 5.02 Å². The molecule has 0 aliphatic carbocycles. The summed E-state index contributed by atoms with van der Waals surface area (Å²) in [7, 11) is 0. The van der Waals surface area contributed by atoms with Gasteiger partial charge >= 0.3 is 0 Å². The van der Waals surface area contributed by atoms with Crippen LogP contribution in [0, 0.1) is 18.6 Å². The molecule has 0 saturated carbocycles. The van der Waals surface area contributed by atoms with Crippen LogP contribution in [0.25, 0.3) is 0 Å². The fourth-order valence-electron chi connectivity index (χ4n) is 1.81. The van der Waals surface area contributed by atoms with E-state index in [2.05, 4.69) is 0 Å². The summed E-state index contributed by atoms with van der Waals surface area (Å²) in [5, 5.41) is 0.538. The minimum Gasteiger partial charge on any atom is -0.398 e. The highest BCUT2D eigenvalue weighted by atomic mass is 35.5. The molecule has 0 amide bonds. The molecule has 0 aliphatic heterocycles. The van der Waals surface area contributed by atoms with Crippen LogP contribution >= 0.6 is 11.6 Å². The Hall–Kier alpha value is -1.61. The van der Waals surface area contributed by atoms with Gasteiger partial charge in [0, 0.05) is 10.7 Å². The Morgan fingerprint density at radius 3 is 2.50 bits per heavy atom. The van der Waals surface area contributed by atoms with Crippen LogP contribution in [0.1, 0.15) is 16.7 Å². The molecule has 0 aromatic heterocycles. The van der Waals surface area contributed by atoms with Crippen molar-refractivity contribution in [3.8, 4) is 0 Å². The van der Waals surface area contributed by atoms with Gasteiger partial charge in [0.1, 0.15) is 0 Å². The van der Waals surface area contributed by atoms with Gasteiger partial charge in [-0.05, 0) is 54.3 Å². The Morgan fingerprint density at radius 2 is 1.83 bits per heavy atom. The zero-order valence-corrected chi connectivity index (χ0v) is 10.6. The SMILES string of the molecule is Cc1c(N)cc(Cl)cc1Cc1ccc(F)c(F)c1. The minimum atomic E-state index is -0.847. The summed E-state index contributed by atoms with van der Waals surface area (Å²) < 4.78 is 25.9. The van der Waals surface area contributed by atoms with Crippen molar-refractivity contribution in [2.75, 3.05) is 5.73 Å². The zero-order chi connectivity index (χ0) is 13.3. The van der Waals surface area contributed by atoms with Crippen LogP contribution in [0.5, 0.6) is 0 Å². The van der Waals surface area contributed by atoms with Crippen LogP contribution in [0.15, 0.2) is 30.3 Å². The van der Waals surface area contributed by atoms with Crippen molar-refractivity contribution in [3.05, 3.63) is 63.7 Å². The van der Waals surface area contributed by atoms with Gasteiger partial charge in [-0.25, -0.2) is 8.78 Å². The fraction of sp³-hybridized carbons (Fsp3) is 0.143. The van der Waals surface area contributed by atoms with Gasteiger partial charge in [0.2, 0.25) is 0 Å². The number of rotatable bonds is 2. The molecule has 2 aromatic carbocycles. The normalized spacial score (nSPS) is 10.7. The maximum Gasteiger partial charge on any atom is 0.159 e. The van der Waals surface area contributed by atoms with Gasteiger partial charge in [-0.2, -0.15) is 0 Å².